The third kappa shape index (κ3) is 4.85. The second kappa shape index (κ2) is 8.09. The molecule has 0 atom stereocenters. The minimum Gasteiger partial charge on any atom is -0.340 e. The van der Waals surface area contributed by atoms with Gasteiger partial charge in [0.15, 0.2) is 5.16 Å². The Morgan fingerprint density at radius 2 is 2.06 bits per heavy atom. The molecule has 0 saturated carbocycles. The van der Waals surface area contributed by atoms with Crippen molar-refractivity contribution >= 4 is 17.7 Å². The quantitative estimate of drug-likeness (QED) is 0.720. The van der Waals surface area contributed by atoms with Gasteiger partial charge in [0.1, 0.15) is 6.33 Å². The zero-order chi connectivity index (χ0) is 13.2. The van der Waals surface area contributed by atoms with Gasteiger partial charge in [-0.2, -0.15) is 15.6 Å². The zero-order valence-electron chi connectivity index (χ0n) is 9.67. The average molecular weight is 264 g/mol. The highest BCUT2D eigenvalue weighted by molar-refractivity contribution is 7.99. The van der Waals surface area contributed by atoms with E-state index in [2.05, 4.69) is 15.2 Å². The van der Waals surface area contributed by atoms with Crippen molar-refractivity contribution in [3.05, 3.63) is 6.33 Å². The minimum atomic E-state index is -0.109. The fraction of sp³-hybridized carbons (Fsp3) is 0.500. The molecule has 0 bridgehead atoms. The number of carbonyl (C=O) groups is 1. The molecule has 0 aliphatic heterocycles. The number of thioether (sulfide) groups is 1. The van der Waals surface area contributed by atoms with Crippen molar-refractivity contribution in [2.45, 2.75) is 18.0 Å². The molecule has 1 heterocycles. The van der Waals surface area contributed by atoms with Crippen LogP contribution in [-0.2, 0) is 4.79 Å². The molecule has 8 heteroatoms. The number of H-pyrrole nitrogens is 1. The number of nitrogens with zero attached hydrogens (tertiary/aromatic N) is 5. The van der Waals surface area contributed by atoms with Crippen molar-refractivity contribution < 1.29 is 4.79 Å². The Morgan fingerprint density at radius 3 is 2.56 bits per heavy atom. The molecule has 1 amide bonds. The lowest BCUT2D eigenvalue weighted by molar-refractivity contribution is -0.128. The molecule has 1 aromatic rings. The molecular weight excluding hydrogens is 252 g/mol. The van der Waals surface area contributed by atoms with Crippen molar-refractivity contribution in [2.24, 2.45) is 0 Å². The Balaban J connectivity index is 2.42. The fourth-order valence-corrected chi connectivity index (χ4v) is 1.90. The molecule has 0 aliphatic rings. The molecule has 1 N–H and O–H groups in total. The first-order valence-corrected chi connectivity index (χ1v) is 6.26. The molecule has 0 fully saturated rings. The topological polar surface area (TPSA) is 109 Å². The van der Waals surface area contributed by atoms with Gasteiger partial charge in [-0.25, -0.2) is 4.98 Å². The highest BCUT2D eigenvalue weighted by Crippen LogP contribution is 2.11. The first-order valence-electron chi connectivity index (χ1n) is 5.27. The van der Waals surface area contributed by atoms with Crippen LogP contribution in [0.3, 0.4) is 0 Å². The maximum Gasteiger partial charge on any atom is 0.233 e. The maximum absolute atomic E-state index is 11.9. The van der Waals surface area contributed by atoms with E-state index in [1.165, 1.54) is 23.0 Å². The average Bonchev–Trinajstić information content (AvgIpc) is 2.89. The first-order chi connectivity index (χ1) is 8.77. The molecule has 94 valence electrons. The monoisotopic (exact) mass is 264 g/mol. The predicted octanol–water partition coefficient (Wildman–Crippen LogP) is 0.553. The van der Waals surface area contributed by atoms with Crippen LogP contribution in [0.4, 0.5) is 0 Å². The van der Waals surface area contributed by atoms with E-state index in [0.29, 0.717) is 18.2 Å². The lowest BCUT2D eigenvalue weighted by atomic mass is 10.3. The summed E-state index contributed by atoms with van der Waals surface area (Å²) >= 11 is 1.24. The van der Waals surface area contributed by atoms with Gasteiger partial charge >= 0.3 is 0 Å². The summed E-state index contributed by atoms with van der Waals surface area (Å²) in [5.41, 5.74) is 0. The number of nitriles is 2. The summed E-state index contributed by atoms with van der Waals surface area (Å²) < 4.78 is 0. The smallest absolute Gasteiger partial charge is 0.233 e. The van der Waals surface area contributed by atoms with Crippen molar-refractivity contribution in [1.82, 2.24) is 20.1 Å². The molecular formula is C10H12N6OS. The van der Waals surface area contributed by atoms with Crippen LogP contribution >= 0.6 is 11.8 Å². The van der Waals surface area contributed by atoms with Crippen LogP contribution in [0.2, 0.25) is 0 Å². The van der Waals surface area contributed by atoms with Gasteiger partial charge < -0.3 is 4.90 Å². The fourth-order valence-electron chi connectivity index (χ4n) is 1.22. The lowest BCUT2D eigenvalue weighted by Crippen LogP contribution is -2.34. The van der Waals surface area contributed by atoms with Gasteiger partial charge in [-0.3, -0.25) is 9.89 Å². The number of amides is 1. The van der Waals surface area contributed by atoms with Gasteiger partial charge in [-0.15, -0.1) is 0 Å². The molecule has 7 nitrogen and oxygen atoms in total. The summed E-state index contributed by atoms with van der Waals surface area (Å²) in [6, 6.07) is 3.97. The molecule has 0 aliphatic carbocycles. The van der Waals surface area contributed by atoms with E-state index in [1.54, 1.807) is 0 Å². The Labute approximate surface area is 109 Å². The number of nitrogens with one attached hydrogen (secondary N) is 1. The summed E-state index contributed by atoms with van der Waals surface area (Å²) in [7, 11) is 0. The van der Waals surface area contributed by atoms with E-state index < -0.39 is 0 Å². The standard InChI is InChI=1S/C10H12N6OS/c11-3-1-5-16(6-2-4-12)9(17)7-18-10-13-8-14-15-10/h8H,1-2,5-7H2,(H,13,14,15). The second-order valence-electron chi connectivity index (χ2n) is 3.28. The van der Waals surface area contributed by atoms with Gasteiger partial charge in [-0.1, -0.05) is 11.8 Å². The SMILES string of the molecule is N#CCCN(CCC#N)C(=O)CSc1ncn[nH]1. The molecule has 1 rings (SSSR count). The summed E-state index contributed by atoms with van der Waals surface area (Å²) in [5.74, 6) is 0.105. The van der Waals surface area contributed by atoms with Crippen molar-refractivity contribution in [1.29, 1.82) is 10.5 Å². The van der Waals surface area contributed by atoms with E-state index in [1.807, 2.05) is 12.1 Å². The van der Waals surface area contributed by atoms with E-state index in [0.717, 1.165) is 0 Å². The molecule has 0 aromatic carbocycles. The molecule has 1 aromatic heterocycles. The van der Waals surface area contributed by atoms with Crippen LogP contribution in [0.5, 0.6) is 0 Å². The van der Waals surface area contributed by atoms with Crippen LogP contribution in [0.15, 0.2) is 11.5 Å². The van der Waals surface area contributed by atoms with Crippen LogP contribution < -0.4 is 0 Å². The van der Waals surface area contributed by atoms with Crippen molar-refractivity contribution in [2.75, 3.05) is 18.8 Å². The number of aromatic amines is 1. The molecule has 0 spiro atoms. The molecule has 0 unspecified atom stereocenters. The van der Waals surface area contributed by atoms with Crippen LogP contribution in [0, 0.1) is 22.7 Å². The minimum absolute atomic E-state index is 0.109. The normalized spacial score (nSPS) is 9.44. The van der Waals surface area contributed by atoms with E-state index >= 15 is 0 Å². The Hall–Kier alpha value is -2.06. The molecule has 0 radical (unpaired) electrons. The van der Waals surface area contributed by atoms with Gasteiger partial charge in [-0.05, 0) is 0 Å². The number of hydrogen-bond acceptors (Lipinski definition) is 6. The van der Waals surface area contributed by atoms with E-state index in [4.69, 9.17) is 10.5 Å². The van der Waals surface area contributed by atoms with E-state index in [-0.39, 0.29) is 24.5 Å². The van der Waals surface area contributed by atoms with Gasteiger partial charge in [0.2, 0.25) is 5.91 Å². The summed E-state index contributed by atoms with van der Waals surface area (Å²) in [6.07, 6.45) is 1.91. The zero-order valence-corrected chi connectivity index (χ0v) is 10.5. The lowest BCUT2D eigenvalue weighted by Gasteiger charge is -2.19. The van der Waals surface area contributed by atoms with Crippen LogP contribution in [0.25, 0.3) is 0 Å². The Bertz CT molecular complexity index is 428. The van der Waals surface area contributed by atoms with Crippen LogP contribution in [0.1, 0.15) is 12.8 Å². The first kappa shape index (κ1) is 14.0. The highest BCUT2D eigenvalue weighted by atomic mass is 32.2. The number of carbonyl (C=O) groups excluding carboxylic acids is 1. The number of rotatable bonds is 7. The summed E-state index contributed by atoms with van der Waals surface area (Å²) in [4.78, 5) is 17.3. The third-order valence-electron chi connectivity index (χ3n) is 2.07. The van der Waals surface area contributed by atoms with Crippen LogP contribution in [-0.4, -0.2) is 44.8 Å². The van der Waals surface area contributed by atoms with Gasteiger partial charge in [0.25, 0.3) is 0 Å². The van der Waals surface area contributed by atoms with Crippen molar-refractivity contribution in [3.63, 3.8) is 0 Å². The second-order valence-corrected chi connectivity index (χ2v) is 4.24. The van der Waals surface area contributed by atoms with E-state index in [9.17, 15) is 4.79 Å². The summed E-state index contributed by atoms with van der Waals surface area (Å²) in [6.45, 7) is 0.710. The third-order valence-corrected chi connectivity index (χ3v) is 2.93. The molecule has 0 saturated heterocycles. The Morgan fingerprint density at radius 1 is 1.39 bits per heavy atom. The predicted molar refractivity (Wildman–Crippen MR) is 64.1 cm³/mol. The summed E-state index contributed by atoms with van der Waals surface area (Å²) in [5, 5.41) is 23.9. The highest BCUT2D eigenvalue weighted by Gasteiger charge is 2.13. The maximum atomic E-state index is 11.9. The Kier molecular flexibility index (Phi) is 6.30. The van der Waals surface area contributed by atoms with Gasteiger partial charge in [0, 0.05) is 13.1 Å². The number of hydrogen-bond donors (Lipinski definition) is 1. The molecule has 18 heavy (non-hydrogen) atoms. The largest absolute Gasteiger partial charge is 0.340 e. The number of aromatic nitrogens is 3. The van der Waals surface area contributed by atoms with Crippen molar-refractivity contribution in [3.8, 4) is 12.1 Å². The van der Waals surface area contributed by atoms with Gasteiger partial charge in [0.05, 0.1) is 30.7 Å².